The second-order valence-corrected chi connectivity index (χ2v) is 11.9. The van der Waals surface area contributed by atoms with Crippen LogP contribution in [0.5, 0.6) is 5.75 Å². The minimum absolute atomic E-state index is 0.0411. The van der Waals surface area contributed by atoms with Crippen LogP contribution in [-0.4, -0.2) is 107 Å². The van der Waals surface area contributed by atoms with Gasteiger partial charge in [0, 0.05) is 70.4 Å². The third-order valence-corrected chi connectivity index (χ3v) is 8.72. The molecule has 2 aromatic rings. The van der Waals surface area contributed by atoms with Crippen LogP contribution in [0.25, 0.3) is 0 Å². The Balaban J connectivity index is 1.27. The average molecular weight is 549 g/mol. The van der Waals surface area contributed by atoms with Crippen LogP contribution < -0.4 is 0 Å². The fourth-order valence-electron chi connectivity index (χ4n) is 6.34. The van der Waals surface area contributed by atoms with Gasteiger partial charge in [-0.3, -0.25) is 19.4 Å². The third kappa shape index (κ3) is 7.42. The highest BCUT2D eigenvalue weighted by atomic mass is 16.4. The summed E-state index contributed by atoms with van der Waals surface area (Å²) in [6.45, 7) is 10.4. The lowest BCUT2D eigenvalue weighted by Gasteiger charge is -2.44. The van der Waals surface area contributed by atoms with E-state index in [4.69, 9.17) is 5.11 Å². The molecular formula is C32H44N4O4. The fourth-order valence-corrected chi connectivity index (χ4v) is 6.34. The van der Waals surface area contributed by atoms with Crippen LogP contribution in [0.3, 0.4) is 0 Å². The second-order valence-electron chi connectivity index (χ2n) is 11.9. The van der Waals surface area contributed by atoms with Crippen molar-refractivity contribution >= 4 is 11.9 Å². The molecule has 1 saturated carbocycles. The molecule has 2 N–H and O–H groups in total. The minimum atomic E-state index is -0.741. The van der Waals surface area contributed by atoms with E-state index in [1.807, 2.05) is 29.2 Å². The number of benzene rings is 2. The van der Waals surface area contributed by atoms with Crippen molar-refractivity contribution in [2.75, 3.05) is 58.9 Å². The highest BCUT2D eigenvalue weighted by Crippen LogP contribution is 2.35. The lowest BCUT2D eigenvalue weighted by atomic mass is 9.93. The molecule has 1 amide bonds. The number of aliphatic carboxylic acids is 1. The first kappa shape index (κ1) is 28.6. The number of carbonyl (C=O) groups excluding carboxylic acids is 1. The van der Waals surface area contributed by atoms with Gasteiger partial charge in [-0.25, -0.2) is 0 Å². The van der Waals surface area contributed by atoms with Crippen molar-refractivity contribution in [2.45, 2.75) is 51.1 Å². The van der Waals surface area contributed by atoms with Crippen LogP contribution in [0.2, 0.25) is 0 Å². The van der Waals surface area contributed by atoms with Crippen molar-refractivity contribution in [3.05, 3.63) is 65.2 Å². The van der Waals surface area contributed by atoms with Gasteiger partial charge in [0.25, 0.3) is 5.91 Å². The number of carboxylic acids is 1. The molecule has 2 heterocycles. The Bertz CT molecular complexity index is 1160. The summed E-state index contributed by atoms with van der Waals surface area (Å²) in [6.07, 6.45) is 4.50. The van der Waals surface area contributed by atoms with Crippen molar-refractivity contribution in [1.82, 2.24) is 19.6 Å². The quantitative estimate of drug-likeness (QED) is 0.412. The molecule has 3 aliphatic rings. The minimum Gasteiger partial charge on any atom is -0.508 e. The van der Waals surface area contributed by atoms with E-state index in [1.54, 1.807) is 6.07 Å². The summed E-state index contributed by atoms with van der Waals surface area (Å²) in [4.78, 5) is 33.7. The molecule has 2 aliphatic heterocycles. The SMILES string of the molecule is CC1CN(CC2CC2)CCN1C(c1cccc(O)c1)c1cccc(C(=O)N2CCN(CCCCC(=O)O)CC2)c1. The van der Waals surface area contributed by atoms with Crippen LogP contribution in [-0.2, 0) is 4.79 Å². The summed E-state index contributed by atoms with van der Waals surface area (Å²) in [7, 11) is 0. The third-order valence-electron chi connectivity index (χ3n) is 8.72. The number of carbonyl (C=O) groups is 2. The standard InChI is InChI=1S/C32H44N4O4/c1-24-22-34(23-25-11-12-25)16-19-36(24)31(27-7-5-9-29(37)21-27)26-6-4-8-28(20-26)32(40)35-17-14-33(15-18-35)13-3-2-10-30(38)39/h4-9,20-21,24-25,31,37H,2-3,10-19,22-23H2,1H3,(H,38,39). The molecule has 2 unspecified atom stereocenters. The van der Waals surface area contributed by atoms with E-state index < -0.39 is 5.97 Å². The van der Waals surface area contributed by atoms with Crippen molar-refractivity contribution < 1.29 is 19.8 Å². The zero-order chi connectivity index (χ0) is 28.1. The number of hydrogen-bond donors (Lipinski definition) is 2. The first-order valence-corrected chi connectivity index (χ1v) is 15.0. The summed E-state index contributed by atoms with van der Waals surface area (Å²) in [6, 6.07) is 15.9. The van der Waals surface area contributed by atoms with Crippen molar-refractivity contribution in [2.24, 2.45) is 5.92 Å². The zero-order valence-corrected chi connectivity index (χ0v) is 23.8. The Morgan fingerprint density at radius 1 is 0.900 bits per heavy atom. The first-order valence-electron chi connectivity index (χ1n) is 15.0. The van der Waals surface area contributed by atoms with Gasteiger partial charge in [0.05, 0.1) is 6.04 Å². The molecule has 5 rings (SSSR count). The molecule has 0 radical (unpaired) electrons. The number of hydrogen-bond acceptors (Lipinski definition) is 6. The maximum absolute atomic E-state index is 13.6. The molecule has 0 spiro atoms. The van der Waals surface area contributed by atoms with Gasteiger partial charge in [0.2, 0.25) is 0 Å². The number of phenols is 1. The summed E-state index contributed by atoms with van der Waals surface area (Å²) in [5.41, 5.74) is 2.83. The van der Waals surface area contributed by atoms with Crippen LogP contribution in [0.15, 0.2) is 48.5 Å². The van der Waals surface area contributed by atoms with Gasteiger partial charge in [0.1, 0.15) is 5.75 Å². The molecule has 3 fully saturated rings. The van der Waals surface area contributed by atoms with E-state index in [0.717, 1.165) is 62.7 Å². The average Bonchev–Trinajstić information content (AvgIpc) is 3.77. The van der Waals surface area contributed by atoms with Crippen LogP contribution in [0.1, 0.15) is 66.6 Å². The predicted octanol–water partition coefficient (Wildman–Crippen LogP) is 3.91. The van der Waals surface area contributed by atoms with E-state index in [0.29, 0.717) is 31.1 Å². The van der Waals surface area contributed by atoms with E-state index in [9.17, 15) is 14.7 Å². The molecule has 2 aromatic carbocycles. The topological polar surface area (TPSA) is 87.6 Å². The Kier molecular flexibility index (Phi) is 9.40. The summed E-state index contributed by atoms with van der Waals surface area (Å²) < 4.78 is 0. The number of unbranched alkanes of at least 4 members (excludes halogenated alkanes) is 1. The monoisotopic (exact) mass is 548 g/mol. The Morgan fingerprint density at radius 3 is 2.27 bits per heavy atom. The lowest BCUT2D eigenvalue weighted by Crippen LogP contribution is -2.53. The maximum Gasteiger partial charge on any atom is 0.303 e. The summed E-state index contributed by atoms with van der Waals surface area (Å²) in [5, 5.41) is 19.2. The molecule has 0 bridgehead atoms. The number of rotatable bonds is 11. The predicted molar refractivity (Wildman–Crippen MR) is 156 cm³/mol. The molecule has 2 atom stereocenters. The fraction of sp³-hybridized carbons (Fsp3) is 0.562. The number of phenolic OH excluding ortho intramolecular Hbond substituents is 1. The second kappa shape index (κ2) is 13.1. The maximum atomic E-state index is 13.6. The van der Waals surface area contributed by atoms with E-state index in [1.165, 1.54) is 19.4 Å². The highest BCUT2D eigenvalue weighted by molar-refractivity contribution is 5.94. The van der Waals surface area contributed by atoms with E-state index in [2.05, 4.69) is 39.8 Å². The van der Waals surface area contributed by atoms with E-state index in [-0.39, 0.29) is 24.1 Å². The van der Waals surface area contributed by atoms with Gasteiger partial charge in [0.15, 0.2) is 0 Å². The molecule has 8 nitrogen and oxygen atoms in total. The lowest BCUT2D eigenvalue weighted by molar-refractivity contribution is -0.137. The Hall–Kier alpha value is -2.94. The van der Waals surface area contributed by atoms with Gasteiger partial charge in [-0.15, -0.1) is 0 Å². The van der Waals surface area contributed by atoms with Crippen molar-refractivity contribution in [1.29, 1.82) is 0 Å². The van der Waals surface area contributed by atoms with Crippen LogP contribution in [0, 0.1) is 5.92 Å². The number of nitrogens with zero attached hydrogens (tertiary/aromatic N) is 4. The number of amides is 1. The van der Waals surface area contributed by atoms with Crippen LogP contribution in [0.4, 0.5) is 0 Å². The zero-order valence-electron chi connectivity index (χ0n) is 23.8. The molecule has 2 saturated heterocycles. The van der Waals surface area contributed by atoms with Gasteiger partial charge >= 0.3 is 5.97 Å². The molecular weight excluding hydrogens is 504 g/mol. The Morgan fingerprint density at radius 2 is 1.60 bits per heavy atom. The van der Waals surface area contributed by atoms with Crippen molar-refractivity contribution in [3.63, 3.8) is 0 Å². The van der Waals surface area contributed by atoms with Crippen molar-refractivity contribution in [3.8, 4) is 5.75 Å². The molecule has 8 heteroatoms. The number of piperazine rings is 2. The molecule has 40 heavy (non-hydrogen) atoms. The number of aromatic hydroxyl groups is 1. The largest absolute Gasteiger partial charge is 0.508 e. The Labute approximate surface area is 238 Å². The van der Waals surface area contributed by atoms with Crippen LogP contribution >= 0.6 is 0 Å². The molecule has 1 aliphatic carbocycles. The normalized spacial score (nSPS) is 21.8. The smallest absolute Gasteiger partial charge is 0.303 e. The van der Waals surface area contributed by atoms with Gasteiger partial charge in [-0.05, 0) is 80.5 Å². The van der Waals surface area contributed by atoms with Gasteiger partial charge < -0.3 is 20.0 Å². The molecule has 0 aromatic heterocycles. The van der Waals surface area contributed by atoms with E-state index >= 15 is 0 Å². The number of carboxylic acid groups (broad SMARTS) is 1. The summed E-state index contributed by atoms with van der Waals surface area (Å²) >= 11 is 0. The highest BCUT2D eigenvalue weighted by Gasteiger charge is 2.34. The first-order chi connectivity index (χ1) is 19.4. The molecule has 216 valence electrons. The van der Waals surface area contributed by atoms with Gasteiger partial charge in [-0.1, -0.05) is 24.3 Å². The summed E-state index contributed by atoms with van der Waals surface area (Å²) in [5.74, 6) is 0.455. The van der Waals surface area contributed by atoms with Gasteiger partial charge in [-0.2, -0.15) is 0 Å².